The topological polar surface area (TPSA) is 13.3 Å². The van der Waals surface area contributed by atoms with Crippen molar-refractivity contribution in [1.82, 2.24) is 0 Å². The highest BCUT2D eigenvalue weighted by molar-refractivity contribution is 4.36. The molecule has 1 saturated heterocycles. The third-order valence-corrected chi connectivity index (χ3v) is 3.81. The molecule has 0 aromatic carbocycles. The molecule has 3 nitrogen and oxygen atoms in total. The molecule has 0 radical (unpaired) electrons. The zero-order valence-corrected chi connectivity index (χ0v) is 11.4. The average molecular weight is 216 g/mol. The van der Waals surface area contributed by atoms with E-state index in [9.17, 15) is 0 Å². The second-order valence-corrected chi connectivity index (χ2v) is 5.97. The number of nitrogens with one attached hydrogen (secondary N) is 3. The summed E-state index contributed by atoms with van der Waals surface area (Å²) < 4.78 is 0. The quantitative estimate of drug-likeness (QED) is 0.472. The Morgan fingerprint density at radius 3 is 0.867 bits per heavy atom. The largest absolute Gasteiger partial charge is 0.240 e. The van der Waals surface area contributed by atoms with E-state index in [0.29, 0.717) is 0 Å². The van der Waals surface area contributed by atoms with Crippen LogP contribution >= 0.6 is 0 Å². The molecule has 1 aliphatic rings. The van der Waals surface area contributed by atoms with Gasteiger partial charge in [-0.05, 0) is 41.5 Å². The molecule has 3 N–H and O–H groups in total. The molecule has 0 saturated carbocycles. The van der Waals surface area contributed by atoms with Crippen LogP contribution in [0.3, 0.4) is 0 Å². The minimum Gasteiger partial charge on any atom is -0.240 e. The van der Waals surface area contributed by atoms with Gasteiger partial charge in [0.15, 0.2) is 0 Å². The summed E-state index contributed by atoms with van der Waals surface area (Å²) in [4.78, 5) is 5.27. The molecule has 0 aromatic rings. The van der Waals surface area contributed by atoms with Crippen LogP contribution in [0.15, 0.2) is 0 Å². The van der Waals surface area contributed by atoms with Crippen molar-refractivity contribution < 1.29 is 14.7 Å². The van der Waals surface area contributed by atoms with E-state index in [1.54, 1.807) is 14.7 Å². The van der Waals surface area contributed by atoms with Crippen LogP contribution in [0.2, 0.25) is 0 Å². The third-order valence-electron chi connectivity index (χ3n) is 3.81. The Bertz CT molecular complexity index is 150. The van der Waals surface area contributed by atoms with Crippen LogP contribution in [0.4, 0.5) is 0 Å². The molecule has 0 unspecified atom stereocenters. The highest BCUT2D eigenvalue weighted by Gasteiger charge is 2.35. The predicted octanol–water partition coefficient (Wildman–Crippen LogP) is -2.25. The molecule has 1 heterocycles. The van der Waals surface area contributed by atoms with Gasteiger partial charge in [0, 0.05) is 0 Å². The summed E-state index contributed by atoms with van der Waals surface area (Å²) in [7, 11) is 0. The lowest BCUT2D eigenvalue weighted by Gasteiger charge is -2.39. The summed E-state index contributed by atoms with van der Waals surface area (Å²) in [5.74, 6) is 0. The molecule has 15 heavy (non-hydrogen) atoms. The van der Waals surface area contributed by atoms with Gasteiger partial charge in [0.05, 0.1) is 18.1 Å². The van der Waals surface area contributed by atoms with Gasteiger partial charge in [0.2, 0.25) is 20.0 Å². The van der Waals surface area contributed by atoms with E-state index < -0.39 is 0 Å². The predicted molar refractivity (Wildman–Crippen MR) is 62.9 cm³/mol. The zero-order chi connectivity index (χ0) is 11.6. The maximum atomic E-state index is 2.34. The summed E-state index contributed by atoms with van der Waals surface area (Å²) in [5, 5.41) is 0. The van der Waals surface area contributed by atoms with E-state index in [4.69, 9.17) is 0 Å². The molecular formula is C12H30N3+3. The highest BCUT2D eigenvalue weighted by Crippen LogP contribution is 1.72. The fraction of sp³-hybridized carbons (Fsp3) is 1.00. The Kier molecular flexibility index (Phi) is 4.56. The van der Waals surface area contributed by atoms with Crippen LogP contribution in [-0.2, 0) is 0 Å². The van der Waals surface area contributed by atoms with Gasteiger partial charge < -0.3 is 0 Å². The van der Waals surface area contributed by atoms with E-state index >= 15 is 0 Å². The molecule has 3 heteroatoms. The number of rotatable bonds is 3. The first kappa shape index (κ1) is 12.9. The van der Waals surface area contributed by atoms with Crippen LogP contribution < -0.4 is 14.7 Å². The van der Waals surface area contributed by atoms with Crippen molar-refractivity contribution in [3.05, 3.63) is 0 Å². The van der Waals surface area contributed by atoms with E-state index in [-0.39, 0.29) is 0 Å². The van der Waals surface area contributed by atoms with E-state index in [0.717, 1.165) is 18.1 Å². The first-order valence-corrected chi connectivity index (χ1v) is 6.45. The maximum Gasteiger partial charge on any atom is 0.213 e. The van der Waals surface area contributed by atoms with Gasteiger partial charge in [-0.2, -0.15) is 0 Å². The van der Waals surface area contributed by atoms with Crippen LogP contribution in [0.5, 0.6) is 0 Å². The van der Waals surface area contributed by atoms with Crippen molar-refractivity contribution in [1.29, 1.82) is 0 Å². The van der Waals surface area contributed by atoms with Gasteiger partial charge in [-0.15, -0.1) is 0 Å². The van der Waals surface area contributed by atoms with Crippen LogP contribution in [0.1, 0.15) is 41.5 Å². The second-order valence-electron chi connectivity index (χ2n) is 5.97. The van der Waals surface area contributed by atoms with E-state index in [1.807, 2.05) is 0 Å². The monoisotopic (exact) mass is 216 g/mol. The lowest BCUT2D eigenvalue weighted by atomic mass is 10.2. The molecule has 0 aliphatic carbocycles. The molecule has 0 amide bonds. The van der Waals surface area contributed by atoms with E-state index in [2.05, 4.69) is 41.5 Å². The van der Waals surface area contributed by atoms with Gasteiger partial charge >= 0.3 is 0 Å². The second kappa shape index (κ2) is 5.28. The van der Waals surface area contributed by atoms with Crippen molar-refractivity contribution >= 4 is 0 Å². The average Bonchev–Trinajstić information content (AvgIpc) is 2.16. The Morgan fingerprint density at radius 1 is 0.533 bits per heavy atom. The van der Waals surface area contributed by atoms with E-state index in [1.165, 1.54) is 20.0 Å². The minimum atomic E-state index is 0.757. The summed E-state index contributed by atoms with van der Waals surface area (Å²) in [5.41, 5.74) is 0. The SMILES string of the molecule is CC(C)[NH+]1C[NH+](C(C)C)C[NH+](C(C)C)C1. The van der Waals surface area contributed by atoms with Gasteiger partial charge in [-0.25, -0.2) is 14.7 Å². The summed E-state index contributed by atoms with van der Waals surface area (Å²) >= 11 is 0. The summed E-state index contributed by atoms with van der Waals surface area (Å²) in [6, 6.07) is 2.27. The van der Waals surface area contributed by atoms with Crippen LogP contribution in [0, 0.1) is 0 Å². The van der Waals surface area contributed by atoms with Crippen molar-refractivity contribution in [2.45, 2.75) is 59.7 Å². The first-order valence-electron chi connectivity index (χ1n) is 6.45. The van der Waals surface area contributed by atoms with Gasteiger partial charge in [0.1, 0.15) is 0 Å². The zero-order valence-electron chi connectivity index (χ0n) is 11.4. The molecule has 1 rings (SSSR count). The fourth-order valence-corrected chi connectivity index (χ4v) is 2.29. The van der Waals surface area contributed by atoms with Gasteiger partial charge in [-0.1, -0.05) is 0 Å². The Balaban J connectivity index is 2.64. The Hall–Kier alpha value is -0.120. The summed E-state index contributed by atoms with van der Waals surface area (Å²) in [6.07, 6.45) is 0. The maximum absolute atomic E-state index is 2.34. The molecule has 1 fully saturated rings. The molecule has 0 aromatic heterocycles. The van der Waals surface area contributed by atoms with Gasteiger partial charge in [0.25, 0.3) is 0 Å². The van der Waals surface area contributed by atoms with Crippen molar-refractivity contribution in [2.75, 3.05) is 20.0 Å². The molecule has 0 bridgehead atoms. The highest BCUT2D eigenvalue weighted by atomic mass is 15.5. The van der Waals surface area contributed by atoms with Crippen molar-refractivity contribution in [2.24, 2.45) is 0 Å². The van der Waals surface area contributed by atoms with Crippen molar-refractivity contribution in [3.63, 3.8) is 0 Å². The Morgan fingerprint density at radius 2 is 0.733 bits per heavy atom. The van der Waals surface area contributed by atoms with Crippen LogP contribution in [-0.4, -0.2) is 38.1 Å². The lowest BCUT2D eigenvalue weighted by Crippen LogP contribution is -3.52. The first-order chi connectivity index (χ1) is 6.91. The van der Waals surface area contributed by atoms with Crippen LogP contribution in [0.25, 0.3) is 0 Å². The molecule has 0 spiro atoms. The number of hydrogen-bond acceptors (Lipinski definition) is 0. The smallest absolute Gasteiger partial charge is 0.213 e. The normalized spacial score (nSPS) is 33.0. The molecule has 0 atom stereocenters. The van der Waals surface area contributed by atoms with Gasteiger partial charge in [-0.3, -0.25) is 0 Å². The standard InChI is InChI=1S/C12H27N3/c1-10(2)13-7-14(11(3)4)9-15(8-13)12(5)6/h10-12H,7-9H2,1-6H3/p+3. The number of quaternary nitrogens is 3. The lowest BCUT2D eigenvalue weighted by molar-refractivity contribution is -1.28. The fourth-order valence-electron chi connectivity index (χ4n) is 2.29. The Labute approximate surface area is 95.0 Å². The third kappa shape index (κ3) is 3.44. The number of hydrogen-bond donors (Lipinski definition) is 3. The molecule has 90 valence electrons. The van der Waals surface area contributed by atoms with Crippen molar-refractivity contribution in [3.8, 4) is 0 Å². The minimum absolute atomic E-state index is 0.757. The molecule has 1 aliphatic heterocycles. The summed E-state index contributed by atoms with van der Waals surface area (Å²) in [6.45, 7) is 18.0. The molecular weight excluding hydrogens is 186 g/mol.